The first kappa shape index (κ1) is 16.2. The first-order valence-corrected chi connectivity index (χ1v) is 8.21. The smallest absolute Gasteiger partial charge is 0.142 e. The minimum atomic E-state index is 0.634. The Kier molecular flexibility index (Phi) is 7.75. The van der Waals surface area contributed by atoms with Crippen molar-refractivity contribution in [2.45, 2.75) is 25.8 Å². The molecule has 0 saturated carbocycles. The molecule has 0 bridgehead atoms. The highest BCUT2D eigenvalue weighted by atomic mass is 32.2. The standard InChI is InChI=1S/C15H26N2OS/c1-13(9-12-19-3)17(2)10-6-11-18-15-8-5-4-7-14(15)16/h4-5,7-8,13H,6,9-12,16H2,1-3H3. The molecule has 0 saturated heterocycles. The summed E-state index contributed by atoms with van der Waals surface area (Å²) in [5, 5.41) is 0. The summed E-state index contributed by atoms with van der Waals surface area (Å²) in [6.07, 6.45) is 4.42. The van der Waals surface area contributed by atoms with Crippen LogP contribution in [0.4, 0.5) is 5.69 Å². The lowest BCUT2D eigenvalue weighted by Crippen LogP contribution is -2.31. The fraction of sp³-hybridized carbons (Fsp3) is 0.600. The van der Waals surface area contributed by atoms with Crippen LogP contribution in [0.2, 0.25) is 0 Å². The summed E-state index contributed by atoms with van der Waals surface area (Å²) in [6, 6.07) is 8.28. The molecule has 0 radical (unpaired) electrons. The molecule has 1 aromatic carbocycles. The normalized spacial score (nSPS) is 12.6. The van der Waals surface area contributed by atoms with Crippen LogP contribution in [-0.2, 0) is 0 Å². The molecular formula is C15H26N2OS. The van der Waals surface area contributed by atoms with E-state index in [4.69, 9.17) is 10.5 Å². The molecule has 0 aliphatic rings. The summed E-state index contributed by atoms with van der Waals surface area (Å²) in [5.41, 5.74) is 6.54. The van der Waals surface area contributed by atoms with E-state index in [0.717, 1.165) is 18.7 Å². The van der Waals surface area contributed by atoms with Gasteiger partial charge >= 0.3 is 0 Å². The van der Waals surface area contributed by atoms with E-state index in [1.54, 1.807) is 0 Å². The van der Waals surface area contributed by atoms with Crippen LogP contribution in [0.5, 0.6) is 5.75 Å². The Morgan fingerprint density at radius 3 is 2.79 bits per heavy atom. The van der Waals surface area contributed by atoms with E-state index < -0.39 is 0 Å². The number of nitrogen functional groups attached to an aromatic ring is 1. The number of thioether (sulfide) groups is 1. The Labute approximate surface area is 121 Å². The zero-order valence-electron chi connectivity index (χ0n) is 12.3. The molecule has 1 aromatic rings. The maximum atomic E-state index is 5.83. The largest absolute Gasteiger partial charge is 0.491 e. The first-order chi connectivity index (χ1) is 9.15. The topological polar surface area (TPSA) is 38.5 Å². The number of nitrogens with two attached hydrogens (primary N) is 1. The number of para-hydroxylation sites is 2. The SMILES string of the molecule is CSCCC(C)N(C)CCCOc1ccccc1N. The number of rotatable bonds is 9. The van der Waals surface area contributed by atoms with E-state index in [1.165, 1.54) is 12.2 Å². The van der Waals surface area contributed by atoms with Crippen LogP contribution >= 0.6 is 11.8 Å². The van der Waals surface area contributed by atoms with Crippen molar-refractivity contribution in [1.29, 1.82) is 0 Å². The molecule has 0 heterocycles. The molecule has 0 aromatic heterocycles. The first-order valence-electron chi connectivity index (χ1n) is 6.81. The van der Waals surface area contributed by atoms with E-state index in [9.17, 15) is 0 Å². The number of nitrogens with zero attached hydrogens (tertiary/aromatic N) is 1. The molecule has 0 aliphatic carbocycles. The van der Waals surface area contributed by atoms with Crippen molar-refractivity contribution in [3.05, 3.63) is 24.3 Å². The van der Waals surface area contributed by atoms with E-state index in [2.05, 4.69) is 25.1 Å². The third-order valence-corrected chi connectivity index (χ3v) is 3.97. The minimum Gasteiger partial charge on any atom is -0.491 e. The van der Waals surface area contributed by atoms with Crippen LogP contribution in [0.25, 0.3) is 0 Å². The summed E-state index contributed by atoms with van der Waals surface area (Å²) in [5.74, 6) is 2.02. The van der Waals surface area contributed by atoms with Crippen molar-refractivity contribution >= 4 is 17.4 Å². The van der Waals surface area contributed by atoms with Crippen molar-refractivity contribution in [3.63, 3.8) is 0 Å². The van der Waals surface area contributed by atoms with Gasteiger partial charge in [-0.3, -0.25) is 0 Å². The van der Waals surface area contributed by atoms with Crippen molar-refractivity contribution in [1.82, 2.24) is 4.90 Å². The minimum absolute atomic E-state index is 0.634. The Morgan fingerprint density at radius 1 is 1.37 bits per heavy atom. The molecule has 0 fully saturated rings. The van der Waals surface area contributed by atoms with E-state index in [0.29, 0.717) is 18.3 Å². The average Bonchev–Trinajstić information content (AvgIpc) is 2.42. The van der Waals surface area contributed by atoms with Gasteiger partial charge in [-0.05, 0) is 51.0 Å². The lowest BCUT2D eigenvalue weighted by molar-refractivity contribution is 0.222. The maximum Gasteiger partial charge on any atom is 0.142 e. The average molecular weight is 282 g/mol. The van der Waals surface area contributed by atoms with Crippen LogP contribution in [0.15, 0.2) is 24.3 Å². The Hall–Kier alpha value is -0.870. The van der Waals surface area contributed by atoms with Gasteiger partial charge in [0.15, 0.2) is 0 Å². The molecule has 3 nitrogen and oxygen atoms in total. The summed E-state index contributed by atoms with van der Waals surface area (Å²) < 4.78 is 5.69. The van der Waals surface area contributed by atoms with Crippen LogP contribution in [0.3, 0.4) is 0 Å². The van der Waals surface area contributed by atoms with Crippen LogP contribution in [0, 0.1) is 0 Å². The van der Waals surface area contributed by atoms with Gasteiger partial charge in [0.1, 0.15) is 5.75 Å². The highest BCUT2D eigenvalue weighted by Gasteiger charge is 2.08. The Morgan fingerprint density at radius 2 is 2.11 bits per heavy atom. The highest BCUT2D eigenvalue weighted by molar-refractivity contribution is 7.98. The second-order valence-electron chi connectivity index (χ2n) is 4.85. The second kappa shape index (κ2) is 9.10. The molecule has 0 spiro atoms. The predicted molar refractivity (Wildman–Crippen MR) is 86.1 cm³/mol. The van der Waals surface area contributed by atoms with Crippen molar-refractivity contribution in [2.75, 3.05) is 37.9 Å². The van der Waals surface area contributed by atoms with Gasteiger partial charge in [0, 0.05) is 12.6 Å². The molecule has 0 aliphatic heterocycles. The number of benzene rings is 1. The van der Waals surface area contributed by atoms with Gasteiger partial charge in [-0.2, -0.15) is 11.8 Å². The Bertz CT molecular complexity index is 360. The van der Waals surface area contributed by atoms with Gasteiger partial charge in [0.05, 0.1) is 12.3 Å². The van der Waals surface area contributed by atoms with Gasteiger partial charge in [0.25, 0.3) is 0 Å². The summed E-state index contributed by atoms with van der Waals surface area (Å²) in [7, 11) is 2.18. The van der Waals surface area contributed by atoms with Crippen molar-refractivity contribution in [2.24, 2.45) is 0 Å². The van der Waals surface area contributed by atoms with Gasteiger partial charge < -0.3 is 15.4 Å². The molecule has 1 atom stereocenters. The van der Waals surface area contributed by atoms with Crippen molar-refractivity contribution < 1.29 is 4.74 Å². The maximum absolute atomic E-state index is 5.83. The van der Waals surface area contributed by atoms with E-state index >= 15 is 0 Å². The molecule has 108 valence electrons. The zero-order valence-corrected chi connectivity index (χ0v) is 13.1. The number of ether oxygens (including phenoxy) is 1. The van der Waals surface area contributed by atoms with Crippen LogP contribution in [-0.4, -0.2) is 43.1 Å². The molecule has 19 heavy (non-hydrogen) atoms. The molecule has 0 amide bonds. The molecule has 2 N–H and O–H groups in total. The number of hydrogen-bond donors (Lipinski definition) is 1. The molecule has 4 heteroatoms. The van der Waals surface area contributed by atoms with Gasteiger partial charge in [-0.1, -0.05) is 12.1 Å². The monoisotopic (exact) mass is 282 g/mol. The lowest BCUT2D eigenvalue weighted by Gasteiger charge is -2.24. The predicted octanol–water partition coefficient (Wildman–Crippen LogP) is 3.11. The second-order valence-corrected chi connectivity index (χ2v) is 5.84. The fourth-order valence-corrected chi connectivity index (χ4v) is 2.41. The molecular weight excluding hydrogens is 256 g/mol. The third-order valence-electron chi connectivity index (χ3n) is 3.32. The molecule has 1 rings (SSSR count). The number of anilines is 1. The van der Waals surface area contributed by atoms with E-state index in [-0.39, 0.29) is 0 Å². The van der Waals surface area contributed by atoms with Gasteiger partial charge in [-0.25, -0.2) is 0 Å². The van der Waals surface area contributed by atoms with Crippen LogP contribution < -0.4 is 10.5 Å². The van der Waals surface area contributed by atoms with Gasteiger partial charge in [-0.15, -0.1) is 0 Å². The highest BCUT2D eigenvalue weighted by Crippen LogP contribution is 2.19. The fourth-order valence-electron chi connectivity index (χ4n) is 1.84. The lowest BCUT2D eigenvalue weighted by atomic mass is 10.2. The van der Waals surface area contributed by atoms with Crippen molar-refractivity contribution in [3.8, 4) is 5.75 Å². The summed E-state index contributed by atoms with van der Waals surface area (Å²) >= 11 is 1.91. The quantitative estimate of drug-likeness (QED) is 0.558. The Balaban J connectivity index is 2.18. The summed E-state index contributed by atoms with van der Waals surface area (Å²) in [4.78, 5) is 2.40. The number of hydrogen-bond acceptors (Lipinski definition) is 4. The third kappa shape index (κ3) is 6.21. The van der Waals surface area contributed by atoms with E-state index in [1.807, 2.05) is 36.0 Å². The van der Waals surface area contributed by atoms with Gasteiger partial charge in [0.2, 0.25) is 0 Å². The molecule has 1 unspecified atom stereocenters. The summed E-state index contributed by atoms with van der Waals surface area (Å²) in [6.45, 7) is 4.06. The zero-order chi connectivity index (χ0) is 14.1. The van der Waals surface area contributed by atoms with Crippen LogP contribution in [0.1, 0.15) is 19.8 Å².